The van der Waals surface area contributed by atoms with Crippen LogP contribution in [-0.4, -0.2) is 33.0 Å². The molecule has 0 radical (unpaired) electrons. The Kier molecular flexibility index (Phi) is 12.8. The molecule has 1 fully saturated rings. The summed E-state index contributed by atoms with van der Waals surface area (Å²) in [7, 11) is 0. The quantitative estimate of drug-likeness (QED) is 0.208. The Hall–Kier alpha value is -0.870. The number of rotatable bonds is 16. The summed E-state index contributed by atoms with van der Waals surface area (Å²) in [5.41, 5.74) is 0.702. The number of hydrogen-bond acceptors (Lipinski definition) is 3. The number of aliphatic hydroxyl groups is 2. The van der Waals surface area contributed by atoms with E-state index in [2.05, 4.69) is 26.8 Å². The van der Waals surface area contributed by atoms with Gasteiger partial charge in [-0.15, -0.1) is 0 Å². The number of hydrogen-bond donors (Lipinski definition) is 3. The van der Waals surface area contributed by atoms with Gasteiger partial charge in [0.15, 0.2) is 0 Å². The van der Waals surface area contributed by atoms with Crippen molar-refractivity contribution in [3.05, 3.63) is 11.6 Å². The van der Waals surface area contributed by atoms with Crippen molar-refractivity contribution in [2.45, 2.75) is 129 Å². The highest BCUT2D eigenvalue weighted by atomic mass is 16.4. The SMILES string of the molecule is CCCCC(C)C(O)(CC=C1CC[C@@H](O)[C@@H]1CCCCCCC(=O)O)CCCC. The highest BCUT2D eigenvalue weighted by Gasteiger charge is 2.34. The molecule has 4 nitrogen and oxygen atoms in total. The van der Waals surface area contributed by atoms with Gasteiger partial charge >= 0.3 is 5.97 Å². The third-order valence-corrected chi connectivity index (χ3v) is 6.91. The Labute approximate surface area is 178 Å². The molecule has 1 rings (SSSR count). The first-order valence-corrected chi connectivity index (χ1v) is 12.1. The molecular formula is C25H46O4. The number of aliphatic carboxylic acids is 1. The second kappa shape index (κ2) is 14.2. The minimum Gasteiger partial charge on any atom is -0.481 e. The van der Waals surface area contributed by atoms with Crippen molar-refractivity contribution < 1.29 is 20.1 Å². The van der Waals surface area contributed by atoms with E-state index in [1.165, 1.54) is 5.57 Å². The van der Waals surface area contributed by atoms with Gasteiger partial charge in [0.2, 0.25) is 0 Å². The van der Waals surface area contributed by atoms with Crippen LogP contribution in [0, 0.1) is 11.8 Å². The summed E-state index contributed by atoms with van der Waals surface area (Å²) >= 11 is 0. The van der Waals surface area contributed by atoms with Gasteiger partial charge in [-0.25, -0.2) is 0 Å². The summed E-state index contributed by atoms with van der Waals surface area (Å²) in [4.78, 5) is 10.6. The van der Waals surface area contributed by atoms with Crippen molar-refractivity contribution in [1.82, 2.24) is 0 Å². The van der Waals surface area contributed by atoms with E-state index >= 15 is 0 Å². The second-order valence-corrected chi connectivity index (χ2v) is 9.29. The number of aliphatic hydroxyl groups excluding tert-OH is 1. The van der Waals surface area contributed by atoms with Gasteiger partial charge in [-0.1, -0.05) is 77.4 Å². The van der Waals surface area contributed by atoms with Crippen LogP contribution in [0.5, 0.6) is 0 Å². The van der Waals surface area contributed by atoms with Crippen LogP contribution >= 0.6 is 0 Å². The molecule has 4 atom stereocenters. The van der Waals surface area contributed by atoms with Gasteiger partial charge in [0.1, 0.15) is 0 Å². The molecular weight excluding hydrogens is 364 g/mol. The molecule has 1 aliphatic carbocycles. The van der Waals surface area contributed by atoms with E-state index in [1.807, 2.05) is 0 Å². The molecule has 0 bridgehead atoms. The predicted octanol–water partition coefficient (Wildman–Crippen LogP) is 6.25. The molecule has 3 N–H and O–H groups in total. The fourth-order valence-corrected chi connectivity index (χ4v) is 4.69. The normalized spacial score (nSPS) is 24.0. The van der Waals surface area contributed by atoms with E-state index in [4.69, 9.17) is 5.11 Å². The summed E-state index contributed by atoms with van der Waals surface area (Å²) in [6.07, 6.45) is 15.8. The highest BCUT2D eigenvalue weighted by Crippen LogP contribution is 2.38. The zero-order valence-electron chi connectivity index (χ0n) is 19.2. The lowest BCUT2D eigenvalue weighted by atomic mass is 9.78. The van der Waals surface area contributed by atoms with E-state index in [0.717, 1.165) is 83.5 Å². The molecule has 29 heavy (non-hydrogen) atoms. The molecule has 0 amide bonds. The molecule has 0 aromatic rings. The number of carbonyl (C=O) groups is 1. The van der Waals surface area contributed by atoms with Gasteiger partial charge in [0.25, 0.3) is 0 Å². The zero-order chi connectivity index (χ0) is 21.7. The molecule has 0 aliphatic heterocycles. The van der Waals surface area contributed by atoms with Crippen LogP contribution in [0.25, 0.3) is 0 Å². The van der Waals surface area contributed by atoms with Gasteiger partial charge in [-0.05, 0) is 50.9 Å². The van der Waals surface area contributed by atoms with E-state index < -0.39 is 11.6 Å². The number of carboxylic acids is 1. The van der Waals surface area contributed by atoms with Crippen LogP contribution in [0.4, 0.5) is 0 Å². The molecule has 0 heterocycles. The van der Waals surface area contributed by atoms with Gasteiger partial charge in [-0.2, -0.15) is 0 Å². The standard InChI is InChI=1S/C25H46O4/c1-4-6-12-20(3)25(29,18-7-5-2)19-17-21-15-16-23(26)22(21)13-10-8-9-11-14-24(27)28/h17,20,22-23,26,29H,4-16,18-19H2,1-3H3,(H,27,28)/t20?,22-,23-,25?/m1/s1. The lowest BCUT2D eigenvalue weighted by molar-refractivity contribution is -0.137. The van der Waals surface area contributed by atoms with Crippen LogP contribution < -0.4 is 0 Å². The summed E-state index contributed by atoms with van der Waals surface area (Å²) in [5.74, 6) is -0.203. The van der Waals surface area contributed by atoms with Crippen molar-refractivity contribution in [3.8, 4) is 0 Å². The van der Waals surface area contributed by atoms with Crippen molar-refractivity contribution in [2.24, 2.45) is 11.8 Å². The fourth-order valence-electron chi connectivity index (χ4n) is 4.69. The van der Waals surface area contributed by atoms with Crippen LogP contribution in [0.15, 0.2) is 11.6 Å². The van der Waals surface area contributed by atoms with E-state index in [1.54, 1.807) is 0 Å². The lowest BCUT2D eigenvalue weighted by Gasteiger charge is -2.34. The summed E-state index contributed by atoms with van der Waals surface area (Å²) in [6.45, 7) is 6.57. The van der Waals surface area contributed by atoms with Gasteiger partial charge < -0.3 is 15.3 Å². The third kappa shape index (κ3) is 9.65. The van der Waals surface area contributed by atoms with Crippen LogP contribution in [-0.2, 0) is 4.79 Å². The molecule has 170 valence electrons. The zero-order valence-corrected chi connectivity index (χ0v) is 19.2. The van der Waals surface area contributed by atoms with Crippen molar-refractivity contribution >= 4 is 5.97 Å². The molecule has 1 aliphatic rings. The molecule has 4 heteroatoms. The second-order valence-electron chi connectivity index (χ2n) is 9.29. The molecule has 0 saturated heterocycles. The first kappa shape index (κ1) is 26.2. The Morgan fingerprint density at radius 1 is 1.14 bits per heavy atom. The maximum absolute atomic E-state index is 11.4. The lowest BCUT2D eigenvalue weighted by Crippen LogP contribution is -2.36. The summed E-state index contributed by atoms with van der Waals surface area (Å²) in [6, 6.07) is 0. The molecule has 0 spiro atoms. The average molecular weight is 411 g/mol. The first-order chi connectivity index (χ1) is 13.8. The minimum atomic E-state index is -0.717. The Morgan fingerprint density at radius 3 is 2.48 bits per heavy atom. The average Bonchev–Trinajstić information content (AvgIpc) is 3.04. The number of carboxylic acid groups (broad SMARTS) is 1. The van der Waals surface area contributed by atoms with E-state index in [0.29, 0.717) is 12.3 Å². The minimum absolute atomic E-state index is 0.218. The van der Waals surface area contributed by atoms with E-state index in [9.17, 15) is 15.0 Å². The monoisotopic (exact) mass is 410 g/mol. The summed E-state index contributed by atoms with van der Waals surface area (Å²) in [5, 5.41) is 30.6. The highest BCUT2D eigenvalue weighted by molar-refractivity contribution is 5.66. The van der Waals surface area contributed by atoms with Crippen LogP contribution in [0.3, 0.4) is 0 Å². The van der Waals surface area contributed by atoms with Gasteiger partial charge in [0, 0.05) is 12.3 Å². The van der Waals surface area contributed by atoms with E-state index in [-0.39, 0.29) is 18.4 Å². The van der Waals surface area contributed by atoms with Gasteiger partial charge in [-0.3, -0.25) is 4.79 Å². The molecule has 0 aromatic heterocycles. The van der Waals surface area contributed by atoms with Gasteiger partial charge in [0.05, 0.1) is 11.7 Å². The van der Waals surface area contributed by atoms with Crippen LogP contribution in [0.2, 0.25) is 0 Å². The fraction of sp³-hybridized carbons (Fsp3) is 0.880. The molecule has 0 aromatic carbocycles. The Bertz CT molecular complexity index is 487. The Balaban J connectivity index is 2.62. The largest absolute Gasteiger partial charge is 0.481 e. The maximum Gasteiger partial charge on any atom is 0.303 e. The summed E-state index contributed by atoms with van der Waals surface area (Å²) < 4.78 is 0. The number of unbranched alkanes of at least 4 members (excludes halogenated alkanes) is 5. The van der Waals surface area contributed by atoms with Crippen molar-refractivity contribution in [1.29, 1.82) is 0 Å². The topological polar surface area (TPSA) is 77.8 Å². The molecule has 1 saturated carbocycles. The van der Waals surface area contributed by atoms with Crippen molar-refractivity contribution in [2.75, 3.05) is 0 Å². The maximum atomic E-state index is 11.4. The third-order valence-electron chi connectivity index (χ3n) is 6.91. The van der Waals surface area contributed by atoms with Crippen LogP contribution in [0.1, 0.15) is 117 Å². The van der Waals surface area contributed by atoms with Crippen molar-refractivity contribution in [3.63, 3.8) is 0 Å². The molecule has 2 unspecified atom stereocenters. The Morgan fingerprint density at radius 2 is 1.83 bits per heavy atom. The smallest absolute Gasteiger partial charge is 0.303 e. The first-order valence-electron chi connectivity index (χ1n) is 12.1. The predicted molar refractivity (Wildman–Crippen MR) is 120 cm³/mol.